The molecule has 0 fully saturated rings. The molecule has 0 N–H and O–H groups in total. The SMILES string of the molecule is C=C/C=C(\C=C/CCc1ccc2c3ccccc3c3ccccc3c2c1)c1ccc2oc3cccc(-c4nc(-c5ccccc5)nc(-c5ccccc5)n4)c3c2c1. The Morgan fingerprint density at radius 3 is 1.75 bits per heavy atom. The van der Waals surface area contributed by atoms with E-state index >= 15 is 0 Å². The van der Waals surface area contributed by atoms with Crippen LogP contribution in [-0.2, 0) is 6.42 Å². The van der Waals surface area contributed by atoms with Crippen molar-refractivity contribution >= 4 is 59.8 Å². The fourth-order valence-electron chi connectivity index (χ4n) is 8.07. The highest BCUT2D eigenvalue weighted by Gasteiger charge is 2.18. The van der Waals surface area contributed by atoms with Gasteiger partial charge in [0.2, 0.25) is 0 Å². The van der Waals surface area contributed by atoms with E-state index in [9.17, 15) is 0 Å². The van der Waals surface area contributed by atoms with Crippen LogP contribution in [0, 0.1) is 0 Å². The maximum Gasteiger partial charge on any atom is 0.164 e. The number of rotatable bonds is 9. The van der Waals surface area contributed by atoms with Crippen LogP contribution in [0.1, 0.15) is 17.5 Å². The van der Waals surface area contributed by atoms with Crippen molar-refractivity contribution in [3.05, 3.63) is 206 Å². The van der Waals surface area contributed by atoms with Gasteiger partial charge in [-0.15, -0.1) is 0 Å². The first-order valence-corrected chi connectivity index (χ1v) is 19.4. The topological polar surface area (TPSA) is 51.8 Å². The van der Waals surface area contributed by atoms with Crippen molar-refractivity contribution < 1.29 is 4.42 Å². The molecule has 10 rings (SSSR count). The molecule has 0 atom stereocenters. The van der Waals surface area contributed by atoms with Gasteiger partial charge in [-0.05, 0) is 80.1 Å². The normalized spacial score (nSPS) is 12.1. The van der Waals surface area contributed by atoms with E-state index in [4.69, 9.17) is 19.4 Å². The average molecular weight is 732 g/mol. The summed E-state index contributed by atoms with van der Waals surface area (Å²) >= 11 is 0. The largest absolute Gasteiger partial charge is 0.456 e. The van der Waals surface area contributed by atoms with Gasteiger partial charge in [-0.25, -0.2) is 15.0 Å². The Bertz CT molecular complexity index is 3100. The highest BCUT2D eigenvalue weighted by Crippen LogP contribution is 2.39. The van der Waals surface area contributed by atoms with E-state index in [1.807, 2.05) is 78.9 Å². The first-order valence-electron chi connectivity index (χ1n) is 19.4. The summed E-state index contributed by atoms with van der Waals surface area (Å²) in [7, 11) is 0. The summed E-state index contributed by atoms with van der Waals surface area (Å²) < 4.78 is 6.44. The summed E-state index contributed by atoms with van der Waals surface area (Å²) in [6.45, 7) is 4.05. The minimum atomic E-state index is 0.595. The summed E-state index contributed by atoms with van der Waals surface area (Å²) in [5.41, 5.74) is 7.81. The zero-order chi connectivity index (χ0) is 38.1. The number of benzene rings is 8. The van der Waals surface area contributed by atoms with Gasteiger partial charge in [0.1, 0.15) is 11.2 Å². The Labute approximate surface area is 330 Å². The number of allylic oxidation sites excluding steroid dienone is 5. The number of hydrogen-bond donors (Lipinski definition) is 0. The van der Waals surface area contributed by atoms with Gasteiger partial charge >= 0.3 is 0 Å². The second kappa shape index (κ2) is 14.7. The van der Waals surface area contributed by atoms with Crippen LogP contribution in [0.3, 0.4) is 0 Å². The standard InChI is InChI=1S/C53H37N3O/c1-2-16-36(18-10-9-17-35-29-31-44-42-25-12-11-23-40(42)41-24-13-14-26-43(41)46(44)33-35)39-30-32-48-47(34-39)50-45(27-15-28-49(50)57-48)53-55-51(37-19-5-3-6-20-37)54-52(56-53)38-21-7-4-8-22-38/h2-8,10-16,18-34H,1,9,17H2/b18-10-,36-16+. The van der Waals surface area contributed by atoms with Gasteiger partial charge in [0, 0.05) is 27.5 Å². The molecule has 0 saturated carbocycles. The Morgan fingerprint density at radius 2 is 1.11 bits per heavy atom. The summed E-state index contributed by atoms with van der Waals surface area (Å²) in [6.07, 6.45) is 10.2. The quantitative estimate of drug-likeness (QED) is 0.110. The van der Waals surface area contributed by atoms with E-state index in [0.717, 1.165) is 62.6 Å². The number of hydrogen-bond acceptors (Lipinski definition) is 4. The molecule has 0 unspecified atom stereocenters. The van der Waals surface area contributed by atoms with Crippen LogP contribution in [0.25, 0.3) is 94.0 Å². The number of nitrogens with zero attached hydrogens (tertiary/aromatic N) is 3. The molecule has 2 aromatic heterocycles. The molecule has 10 aromatic rings. The second-order valence-corrected chi connectivity index (χ2v) is 14.3. The third-order valence-electron chi connectivity index (χ3n) is 10.8. The van der Waals surface area contributed by atoms with Crippen LogP contribution in [0.15, 0.2) is 199 Å². The van der Waals surface area contributed by atoms with Crippen LogP contribution < -0.4 is 0 Å². The van der Waals surface area contributed by atoms with Crippen molar-refractivity contribution in [3.63, 3.8) is 0 Å². The van der Waals surface area contributed by atoms with Gasteiger partial charge in [0.25, 0.3) is 0 Å². The van der Waals surface area contributed by atoms with E-state index in [2.05, 4.69) is 116 Å². The lowest BCUT2D eigenvalue weighted by atomic mass is 9.92. The van der Waals surface area contributed by atoms with Gasteiger partial charge in [-0.2, -0.15) is 0 Å². The fraction of sp³-hybridized carbons (Fsp3) is 0.0377. The molecule has 0 aliphatic rings. The van der Waals surface area contributed by atoms with Crippen molar-refractivity contribution in [1.29, 1.82) is 0 Å². The smallest absolute Gasteiger partial charge is 0.164 e. The first kappa shape index (κ1) is 34.1. The Morgan fingerprint density at radius 1 is 0.509 bits per heavy atom. The average Bonchev–Trinajstić information content (AvgIpc) is 3.66. The van der Waals surface area contributed by atoms with Crippen molar-refractivity contribution in [2.75, 3.05) is 0 Å². The summed E-state index contributed by atoms with van der Waals surface area (Å²) in [5, 5.41) is 9.78. The number of aromatic nitrogens is 3. The van der Waals surface area contributed by atoms with E-state index in [1.54, 1.807) is 0 Å². The van der Waals surface area contributed by atoms with Crippen molar-refractivity contribution in [3.8, 4) is 34.2 Å². The minimum Gasteiger partial charge on any atom is -0.456 e. The predicted octanol–water partition coefficient (Wildman–Crippen LogP) is 14.0. The van der Waals surface area contributed by atoms with Gasteiger partial charge in [-0.3, -0.25) is 0 Å². The van der Waals surface area contributed by atoms with Crippen LogP contribution >= 0.6 is 0 Å². The number of fused-ring (bicyclic) bond motifs is 9. The monoisotopic (exact) mass is 731 g/mol. The molecule has 0 radical (unpaired) electrons. The maximum absolute atomic E-state index is 6.44. The lowest BCUT2D eigenvalue weighted by Gasteiger charge is -2.11. The van der Waals surface area contributed by atoms with Gasteiger partial charge in [-0.1, -0.05) is 176 Å². The molecule has 8 aromatic carbocycles. The highest BCUT2D eigenvalue weighted by atomic mass is 16.3. The molecular formula is C53H37N3O. The van der Waals surface area contributed by atoms with Gasteiger partial charge in [0.05, 0.1) is 0 Å². The van der Waals surface area contributed by atoms with E-state index in [0.29, 0.717) is 17.5 Å². The van der Waals surface area contributed by atoms with Gasteiger partial charge < -0.3 is 4.42 Å². The van der Waals surface area contributed by atoms with E-state index < -0.39 is 0 Å². The minimum absolute atomic E-state index is 0.595. The molecule has 4 nitrogen and oxygen atoms in total. The molecule has 0 aliphatic carbocycles. The van der Waals surface area contributed by atoms with Crippen LogP contribution in [0.2, 0.25) is 0 Å². The highest BCUT2D eigenvalue weighted by molar-refractivity contribution is 6.25. The fourth-order valence-corrected chi connectivity index (χ4v) is 8.07. The molecule has 57 heavy (non-hydrogen) atoms. The zero-order valence-electron chi connectivity index (χ0n) is 31.3. The maximum atomic E-state index is 6.44. The molecule has 270 valence electrons. The molecule has 2 heterocycles. The van der Waals surface area contributed by atoms with Crippen LogP contribution in [0.5, 0.6) is 0 Å². The molecule has 0 amide bonds. The Hall–Kier alpha value is -7.43. The molecular weight excluding hydrogens is 695 g/mol. The first-order chi connectivity index (χ1) is 28.2. The summed E-state index contributed by atoms with van der Waals surface area (Å²) in [5.74, 6) is 1.84. The zero-order valence-corrected chi connectivity index (χ0v) is 31.3. The number of aryl methyl sites for hydroxylation is 1. The second-order valence-electron chi connectivity index (χ2n) is 14.3. The number of furan rings is 1. The Kier molecular flexibility index (Phi) is 8.77. The van der Waals surface area contributed by atoms with E-state index in [-0.39, 0.29) is 0 Å². The van der Waals surface area contributed by atoms with Crippen molar-refractivity contribution in [2.24, 2.45) is 0 Å². The third-order valence-corrected chi connectivity index (χ3v) is 10.8. The van der Waals surface area contributed by atoms with Crippen LogP contribution in [0.4, 0.5) is 0 Å². The molecule has 0 bridgehead atoms. The van der Waals surface area contributed by atoms with Crippen molar-refractivity contribution in [2.45, 2.75) is 12.8 Å². The van der Waals surface area contributed by atoms with Crippen LogP contribution in [-0.4, -0.2) is 15.0 Å². The lowest BCUT2D eigenvalue weighted by Crippen LogP contribution is -2.00. The summed E-state index contributed by atoms with van der Waals surface area (Å²) in [6, 6.07) is 57.0. The molecule has 4 heteroatoms. The summed E-state index contributed by atoms with van der Waals surface area (Å²) in [4.78, 5) is 15.0. The molecule has 0 aliphatic heterocycles. The predicted molar refractivity (Wildman–Crippen MR) is 238 cm³/mol. The molecule has 0 spiro atoms. The Balaban J connectivity index is 0.989. The van der Waals surface area contributed by atoms with E-state index in [1.165, 1.54) is 37.9 Å². The van der Waals surface area contributed by atoms with Crippen molar-refractivity contribution in [1.82, 2.24) is 15.0 Å². The van der Waals surface area contributed by atoms with Gasteiger partial charge in [0.15, 0.2) is 17.5 Å². The third kappa shape index (κ3) is 6.37. The molecule has 0 saturated heterocycles. The lowest BCUT2D eigenvalue weighted by molar-refractivity contribution is 0.669.